The number of amides is 2. The zero-order valence-corrected chi connectivity index (χ0v) is 48.1. The van der Waals surface area contributed by atoms with Gasteiger partial charge in [0.05, 0.1) is 83.9 Å². The number of nitrogens with one attached hydrogen (secondary N) is 5. The summed E-state index contributed by atoms with van der Waals surface area (Å²) >= 11 is 8.45. The molecule has 1 spiro atoms. The average molecular weight is 1080 g/mol. The Hall–Kier alpha value is -3.50. The summed E-state index contributed by atoms with van der Waals surface area (Å²) in [5.74, 6) is 1.43. The predicted octanol–water partition coefficient (Wildman–Crippen LogP) is 7.58. The van der Waals surface area contributed by atoms with E-state index < -0.39 is 0 Å². The van der Waals surface area contributed by atoms with Crippen LogP contribution < -0.4 is 36.4 Å². The van der Waals surface area contributed by atoms with Crippen LogP contribution in [0.1, 0.15) is 137 Å². The summed E-state index contributed by atoms with van der Waals surface area (Å²) in [5.41, 5.74) is 10.3. The van der Waals surface area contributed by atoms with Crippen molar-refractivity contribution < 1.29 is 23.5 Å². The van der Waals surface area contributed by atoms with Crippen molar-refractivity contribution >= 4 is 46.6 Å². The van der Waals surface area contributed by atoms with Crippen LogP contribution in [0, 0.1) is 39.9 Å². The number of hydrogen-bond acceptors (Lipinski definition) is 13. The fourth-order valence-corrected chi connectivity index (χ4v) is 18.3. The minimum atomic E-state index is -0.318. The third kappa shape index (κ3) is 9.90. The fourth-order valence-electron chi connectivity index (χ4n) is 16.2. The van der Waals surface area contributed by atoms with E-state index in [9.17, 15) is 14.9 Å². The molecule has 7 saturated heterocycles. The molecule has 11 rings (SSSR count). The second kappa shape index (κ2) is 21.9. The van der Waals surface area contributed by atoms with Gasteiger partial charge in [-0.15, -0.1) is 11.8 Å². The molecule has 2 aromatic carbocycles. The monoisotopic (exact) mass is 1080 g/mol. The van der Waals surface area contributed by atoms with Gasteiger partial charge in [-0.25, -0.2) is 15.8 Å². The molecule has 17 heteroatoms. The minimum Gasteiger partial charge on any atom is -0.489 e. The highest BCUT2D eigenvalue weighted by molar-refractivity contribution is 8.00. The minimum absolute atomic E-state index is 0.0425. The molecule has 15 nitrogen and oxygen atoms in total. The van der Waals surface area contributed by atoms with Crippen LogP contribution in [-0.4, -0.2) is 149 Å². The number of rotatable bonds is 12. The van der Waals surface area contributed by atoms with Gasteiger partial charge in [0.2, 0.25) is 18.1 Å². The van der Waals surface area contributed by atoms with Crippen molar-refractivity contribution in [2.24, 2.45) is 33.6 Å². The molecule has 9 aliphatic rings. The van der Waals surface area contributed by atoms with Crippen LogP contribution in [-0.2, 0) is 14.3 Å². The lowest BCUT2D eigenvalue weighted by Crippen LogP contribution is -2.85. The van der Waals surface area contributed by atoms with Crippen LogP contribution >= 0.6 is 23.4 Å². The maximum atomic E-state index is 14.7. The number of likely N-dealkylation sites (tertiary alicyclic amines) is 1. The summed E-state index contributed by atoms with van der Waals surface area (Å²) in [7, 11) is 0. The third-order valence-corrected chi connectivity index (χ3v) is 22.1. The summed E-state index contributed by atoms with van der Waals surface area (Å²) in [6, 6.07) is 17.3. The first-order chi connectivity index (χ1) is 36.5. The molecule has 414 valence electrons. The molecular weight excluding hydrogens is 994 g/mol. The molecule has 0 radical (unpaired) electrons. The van der Waals surface area contributed by atoms with Gasteiger partial charge >= 0.3 is 0 Å². The lowest BCUT2D eigenvalue weighted by Gasteiger charge is -2.67. The molecule has 0 aromatic heterocycles. The van der Waals surface area contributed by atoms with Crippen LogP contribution in [0.5, 0.6) is 5.75 Å². The summed E-state index contributed by atoms with van der Waals surface area (Å²) in [4.78, 5) is 41.0. The SMILES string of the molecule is CCNC(=O)C[C@@H]1N=C(c2ccc(N3CC(OC4CCN(C5NCC(C(=O)NC6C(C)(C)C(Oc7ccc(C#N)c(Cl)c7)C6(C)C)C[N+]56C5CCCCCCCC6C5)CC4)C3)cc2)C2C(C)C(C)SC2N2C(C)NNC12. The van der Waals surface area contributed by atoms with Gasteiger partial charge in [0.25, 0.3) is 0 Å². The Bertz CT molecular complexity index is 2480. The number of aliphatic imine (C=N–C) groups is 1. The largest absolute Gasteiger partial charge is 0.489 e. The van der Waals surface area contributed by atoms with Gasteiger partial charge in [-0.3, -0.25) is 29.3 Å². The molecule has 1 saturated carbocycles. The van der Waals surface area contributed by atoms with E-state index in [0.29, 0.717) is 59.1 Å². The molecule has 2 aromatic rings. The van der Waals surface area contributed by atoms with E-state index in [1.54, 1.807) is 12.1 Å². The van der Waals surface area contributed by atoms with Crippen molar-refractivity contribution in [3.63, 3.8) is 0 Å². The normalized spacial score (nSPS) is 37.5. The van der Waals surface area contributed by atoms with Crippen LogP contribution in [0.4, 0.5) is 5.69 Å². The second-order valence-corrected chi connectivity index (χ2v) is 27.4. The van der Waals surface area contributed by atoms with Gasteiger partial charge in [-0.2, -0.15) is 5.26 Å². The summed E-state index contributed by atoms with van der Waals surface area (Å²) in [5, 5.41) is 21.3. The Morgan fingerprint density at radius 2 is 1.63 bits per heavy atom. The molecule has 8 fully saturated rings. The standard InChI is InChI=1S/C59H86ClN11O4S/c1-9-62-49(72)29-48-52-67-66-37(4)70(52)54-50(35(2)36(3)76-54)51(64-48)38-17-20-41(21-18-38)69-32-46(33-69)74-44-23-25-68(26-24-44)57-63-31-40(34-71(57)42-15-13-11-10-12-14-16-43(71)27-42)53(73)65-55-58(5,6)56(59(55,7)8)75-45-22-19-39(30-61)47(60)28-45/h17-22,28,35-37,40,42-44,46,48,50,52,54-57,63,66-67H,9-16,23-27,29,31-34H2,1-8H3,(H-,62,65,72,73)/p+1/t35?,36?,37?,40?,42?,43?,48-,50?,52?,54?,55?,56?,57?,71?/m0/s1. The van der Waals surface area contributed by atoms with E-state index >= 15 is 0 Å². The van der Waals surface area contributed by atoms with Crippen LogP contribution in [0.15, 0.2) is 47.5 Å². The first-order valence-electron chi connectivity index (χ1n) is 29.3. The first kappa shape index (κ1) is 54.5. The van der Waals surface area contributed by atoms with Crippen LogP contribution in [0.25, 0.3) is 0 Å². The number of nitrogens with zero attached hydrogens (tertiary/aromatic N) is 6. The summed E-state index contributed by atoms with van der Waals surface area (Å²) < 4.78 is 14.5. The van der Waals surface area contributed by atoms with E-state index in [4.69, 9.17) is 26.1 Å². The Morgan fingerprint density at radius 3 is 2.30 bits per heavy atom. The molecule has 8 aliphatic heterocycles. The summed E-state index contributed by atoms with van der Waals surface area (Å²) in [6.07, 6.45) is 13.3. The highest BCUT2D eigenvalue weighted by Crippen LogP contribution is 2.56. The van der Waals surface area contributed by atoms with Gasteiger partial charge < -0.3 is 25.0 Å². The second-order valence-electron chi connectivity index (χ2n) is 25.5. The van der Waals surface area contributed by atoms with E-state index in [0.717, 1.165) is 61.3 Å². The third-order valence-electron chi connectivity index (χ3n) is 20.1. The quantitative estimate of drug-likeness (QED) is 0.133. The number of anilines is 1. The van der Waals surface area contributed by atoms with E-state index in [2.05, 4.69) is 132 Å². The number of piperidine rings is 1. The lowest BCUT2D eigenvalue weighted by molar-refractivity contribution is -1.05. The molecule has 5 N–H and O–H groups in total. The lowest BCUT2D eigenvalue weighted by atomic mass is 9.49. The number of nitriles is 1. The van der Waals surface area contributed by atoms with Gasteiger partial charge in [-0.1, -0.05) is 84.5 Å². The molecule has 2 amide bonds. The number of benzene rings is 2. The van der Waals surface area contributed by atoms with Crippen molar-refractivity contribution in [1.29, 1.82) is 5.26 Å². The summed E-state index contributed by atoms with van der Waals surface area (Å²) in [6.45, 7) is 23.7. The highest BCUT2D eigenvalue weighted by atomic mass is 35.5. The predicted molar refractivity (Wildman–Crippen MR) is 302 cm³/mol. The number of quaternary nitrogens is 1. The molecule has 76 heavy (non-hydrogen) atoms. The Labute approximate surface area is 462 Å². The molecule has 11 atom stereocenters. The number of hydrazine groups is 1. The number of carbonyl (C=O) groups excluding carboxylic acids is 2. The zero-order valence-electron chi connectivity index (χ0n) is 46.5. The topological polar surface area (TPSA) is 159 Å². The van der Waals surface area contributed by atoms with Crippen molar-refractivity contribution in [3.05, 3.63) is 58.6 Å². The van der Waals surface area contributed by atoms with E-state index in [1.807, 2.05) is 13.0 Å². The highest BCUT2D eigenvalue weighted by Gasteiger charge is 2.66. The van der Waals surface area contributed by atoms with Gasteiger partial charge in [0, 0.05) is 84.8 Å². The Balaban J connectivity index is 0.713. The van der Waals surface area contributed by atoms with Gasteiger partial charge in [-0.05, 0) is 88.1 Å². The van der Waals surface area contributed by atoms with E-state index in [1.165, 1.54) is 57.1 Å². The number of hydrogen-bond donors (Lipinski definition) is 5. The molecule has 1 aliphatic carbocycles. The Kier molecular flexibility index (Phi) is 15.7. The van der Waals surface area contributed by atoms with E-state index in [-0.39, 0.29) is 88.9 Å². The van der Waals surface area contributed by atoms with Gasteiger partial charge in [0.15, 0.2) is 0 Å². The van der Waals surface area contributed by atoms with Gasteiger partial charge in [0.1, 0.15) is 17.9 Å². The number of halogens is 1. The fraction of sp³-hybridized carbons (Fsp3) is 0.729. The number of carbonyl (C=O) groups is 2. The molecule has 10 unspecified atom stereocenters. The molecule has 8 heterocycles. The molecule has 2 bridgehead atoms. The van der Waals surface area contributed by atoms with Crippen molar-refractivity contribution in [3.8, 4) is 11.8 Å². The molecular formula is C59H87ClN11O4S+. The van der Waals surface area contributed by atoms with Crippen molar-refractivity contribution in [2.45, 2.75) is 198 Å². The smallest absolute Gasteiger partial charge is 0.230 e. The zero-order chi connectivity index (χ0) is 53.3. The maximum Gasteiger partial charge on any atom is 0.230 e. The van der Waals surface area contributed by atoms with Crippen LogP contribution in [0.2, 0.25) is 5.02 Å². The number of fused-ring (bicyclic) bond motifs is 3. The van der Waals surface area contributed by atoms with Crippen molar-refractivity contribution in [2.75, 3.05) is 50.7 Å². The first-order valence-corrected chi connectivity index (χ1v) is 30.6. The number of ether oxygens (including phenoxy) is 2. The van der Waals surface area contributed by atoms with Crippen LogP contribution in [0.3, 0.4) is 0 Å². The maximum absolute atomic E-state index is 14.7. The number of thioether (sulfide) groups is 1. The Morgan fingerprint density at radius 1 is 0.934 bits per heavy atom. The average Bonchev–Trinajstić information content (AvgIpc) is 3.97. The van der Waals surface area contributed by atoms with Crippen molar-refractivity contribution in [1.82, 2.24) is 36.6 Å².